The zero-order valence-corrected chi connectivity index (χ0v) is 16.9. The Hall–Kier alpha value is -2.92. The molecule has 1 amide bonds. The molecule has 1 N–H and O–H groups in total. The minimum atomic E-state index is -0.113. The number of nitrogens with zero attached hydrogens (tertiary/aromatic N) is 3. The summed E-state index contributed by atoms with van der Waals surface area (Å²) < 4.78 is 2.36. The summed E-state index contributed by atoms with van der Waals surface area (Å²) in [5.74, 6) is 0.463. The lowest BCUT2D eigenvalue weighted by molar-refractivity contribution is -0.114. The van der Waals surface area contributed by atoms with Gasteiger partial charge in [0.2, 0.25) is 5.91 Å². The first-order chi connectivity index (χ1) is 13.4. The third-order valence-corrected chi connectivity index (χ3v) is 5.38. The average molecular weight is 374 g/mol. The fraction of sp³-hybridized carbons (Fsp3) is 0.304. The van der Waals surface area contributed by atoms with E-state index in [1.54, 1.807) is 0 Å². The molecule has 0 bridgehead atoms. The third-order valence-electron chi connectivity index (χ3n) is 5.38. The van der Waals surface area contributed by atoms with Crippen molar-refractivity contribution in [2.24, 2.45) is 0 Å². The Balaban J connectivity index is 1.77. The maximum absolute atomic E-state index is 11.2. The molecule has 144 valence electrons. The Kier molecular flexibility index (Phi) is 4.77. The van der Waals surface area contributed by atoms with Crippen LogP contribution in [0.25, 0.3) is 22.7 Å². The molecule has 0 atom stereocenters. The minimum absolute atomic E-state index is 0.113. The number of hydrogen-bond acceptors (Lipinski definition) is 3. The molecule has 1 aromatic carbocycles. The summed E-state index contributed by atoms with van der Waals surface area (Å²) in [7, 11) is 2.19. The second kappa shape index (κ2) is 7.24. The molecule has 0 aliphatic carbocycles. The number of carbonyl (C=O) groups excluding carboxylic acids is 1. The molecule has 0 fully saturated rings. The van der Waals surface area contributed by atoms with E-state index >= 15 is 0 Å². The number of hydrogen-bond donors (Lipinski definition) is 1. The van der Waals surface area contributed by atoms with Gasteiger partial charge in [0.05, 0.1) is 5.52 Å². The first-order valence-corrected chi connectivity index (χ1v) is 9.65. The van der Waals surface area contributed by atoms with Crippen LogP contribution in [0.15, 0.2) is 36.5 Å². The lowest BCUT2D eigenvalue weighted by Crippen LogP contribution is -2.26. The largest absolute Gasteiger partial charge is 0.320 e. The van der Waals surface area contributed by atoms with Crippen LogP contribution in [0.4, 0.5) is 5.82 Å². The molecule has 0 radical (unpaired) electrons. The number of allylic oxidation sites excluding steroid dienone is 1. The number of carbonyl (C=O) groups is 1. The van der Waals surface area contributed by atoms with Crippen molar-refractivity contribution in [2.45, 2.75) is 33.7 Å². The highest BCUT2D eigenvalue weighted by Crippen LogP contribution is 2.32. The standard InChI is InChI=1S/C23H26N4O/c1-15-5-7-21-19(11-15)20-14-26(4)10-9-22(20)27(21)13-16(2)18-6-8-23(24-12-18)25-17(3)28/h5-8,11-13H,9-10,14H2,1-4H3,(H,24,25,28)/b16-13+. The number of aryl methyl sites for hydroxylation is 1. The summed E-state index contributed by atoms with van der Waals surface area (Å²) in [5.41, 5.74) is 7.58. The average Bonchev–Trinajstić information content (AvgIpc) is 2.94. The number of anilines is 1. The number of nitrogens with one attached hydrogen (secondary N) is 1. The summed E-state index contributed by atoms with van der Waals surface area (Å²) in [6.07, 6.45) is 5.08. The lowest BCUT2D eigenvalue weighted by atomic mass is 10.0. The van der Waals surface area contributed by atoms with Crippen LogP contribution in [-0.2, 0) is 17.8 Å². The molecule has 4 rings (SSSR count). The number of amides is 1. The summed E-state index contributed by atoms with van der Waals surface area (Å²) in [4.78, 5) is 17.9. The van der Waals surface area contributed by atoms with Gasteiger partial charge in [-0.25, -0.2) is 4.98 Å². The molecule has 0 unspecified atom stereocenters. The smallest absolute Gasteiger partial charge is 0.222 e. The zero-order chi connectivity index (χ0) is 19.8. The topological polar surface area (TPSA) is 50.2 Å². The first kappa shape index (κ1) is 18.4. The van der Waals surface area contributed by atoms with Gasteiger partial charge in [-0.05, 0) is 61.9 Å². The normalized spacial score (nSPS) is 14.9. The van der Waals surface area contributed by atoms with Gasteiger partial charge in [0.1, 0.15) is 5.82 Å². The molecule has 1 aliphatic heterocycles. The number of rotatable bonds is 3. The zero-order valence-electron chi connectivity index (χ0n) is 16.9. The van der Waals surface area contributed by atoms with Crippen LogP contribution < -0.4 is 5.32 Å². The SMILES string of the molecule is CC(=O)Nc1ccc(/C(C)=C/n2c3c(c4cc(C)ccc42)CN(C)CC3)cn1. The van der Waals surface area contributed by atoms with Gasteiger partial charge in [0.25, 0.3) is 0 Å². The van der Waals surface area contributed by atoms with Gasteiger partial charge < -0.3 is 14.8 Å². The van der Waals surface area contributed by atoms with Crippen LogP contribution >= 0.6 is 0 Å². The maximum atomic E-state index is 11.2. The summed E-state index contributed by atoms with van der Waals surface area (Å²) in [6.45, 7) is 7.81. The molecule has 1 aliphatic rings. The van der Waals surface area contributed by atoms with E-state index in [1.165, 1.54) is 34.6 Å². The highest BCUT2D eigenvalue weighted by atomic mass is 16.1. The Morgan fingerprint density at radius 2 is 2.04 bits per heavy atom. The van der Waals surface area contributed by atoms with Gasteiger partial charge in [0, 0.05) is 49.9 Å². The Bertz CT molecular complexity index is 1080. The van der Waals surface area contributed by atoms with Crippen molar-refractivity contribution in [1.82, 2.24) is 14.5 Å². The monoisotopic (exact) mass is 374 g/mol. The molecular weight excluding hydrogens is 348 g/mol. The molecule has 3 aromatic rings. The molecule has 2 aromatic heterocycles. The van der Waals surface area contributed by atoms with Crippen molar-refractivity contribution >= 4 is 34.4 Å². The molecule has 5 heteroatoms. The number of benzene rings is 1. The molecular formula is C23H26N4O. The quantitative estimate of drug-likeness (QED) is 0.743. The molecule has 3 heterocycles. The van der Waals surface area contributed by atoms with Gasteiger partial charge in [-0.2, -0.15) is 0 Å². The molecule has 0 saturated carbocycles. The van der Waals surface area contributed by atoms with E-state index < -0.39 is 0 Å². The van der Waals surface area contributed by atoms with Gasteiger partial charge in [0.15, 0.2) is 0 Å². The highest BCUT2D eigenvalue weighted by molar-refractivity contribution is 5.91. The van der Waals surface area contributed by atoms with Crippen LogP contribution in [-0.4, -0.2) is 34.0 Å². The maximum Gasteiger partial charge on any atom is 0.222 e. The van der Waals surface area contributed by atoms with Crippen molar-refractivity contribution in [3.05, 3.63) is 58.9 Å². The van der Waals surface area contributed by atoms with E-state index in [-0.39, 0.29) is 5.91 Å². The fourth-order valence-corrected chi connectivity index (χ4v) is 3.94. The van der Waals surface area contributed by atoms with E-state index in [4.69, 9.17) is 0 Å². The van der Waals surface area contributed by atoms with Crippen LogP contribution in [0.5, 0.6) is 0 Å². The van der Waals surface area contributed by atoms with Gasteiger partial charge in [-0.15, -0.1) is 0 Å². The van der Waals surface area contributed by atoms with Gasteiger partial charge in [-0.3, -0.25) is 4.79 Å². The van der Waals surface area contributed by atoms with Crippen LogP contribution in [0.1, 0.15) is 36.2 Å². The summed E-state index contributed by atoms with van der Waals surface area (Å²) in [6, 6.07) is 10.6. The predicted octanol–water partition coefficient (Wildman–Crippen LogP) is 4.31. The van der Waals surface area contributed by atoms with Crippen molar-refractivity contribution in [3.8, 4) is 0 Å². The van der Waals surface area contributed by atoms with Crippen molar-refractivity contribution < 1.29 is 4.79 Å². The number of pyridine rings is 1. The van der Waals surface area contributed by atoms with E-state index in [9.17, 15) is 4.79 Å². The third kappa shape index (κ3) is 3.45. The van der Waals surface area contributed by atoms with Crippen LogP contribution in [0.2, 0.25) is 0 Å². The Morgan fingerprint density at radius 3 is 2.75 bits per heavy atom. The summed E-state index contributed by atoms with van der Waals surface area (Å²) >= 11 is 0. The van der Waals surface area contributed by atoms with E-state index in [2.05, 4.69) is 65.1 Å². The van der Waals surface area contributed by atoms with Crippen LogP contribution in [0, 0.1) is 6.92 Å². The van der Waals surface area contributed by atoms with E-state index in [1.807, 2.05) is 18.3 Å². The Morgan fingerprint density at radius 1 is 1.21 bits per heavy atom. The lowest BCUT2D eigenvalue weighted by Gasteiger charge is -2.23. The van der Waals surface area contributed by atoms with Crippen LogP contribution in [0.3, 0.4) is 0 Å². The fourth-order valence-electron chi connectivity index (χ4n) is 3.94. The van der Waals surface area contributed by atoms with Crippen molar-refractivity contribution in [2.75, 3.05) is 18.9 Å². The van der Waals surface area contributed by atoms with E-state index in [0.717, 1.165) is 30.6 Å². The first-order valence-electron chi connectivity index (χ1n) is 9.65. The van der Waals surface area contributed by atoms with E-state index in [0.29, 0.717) is 5.82 Å². The Labute approximate surface area is 165 Å². The van der Waals surface area contributed by atoms with Crippen molar-refractivity contribution in [3.63, 3.8) is 0 Å². The van der Waals surface area contributed by atoms with Crippen molar-refractivity contribution in [1.29, 1.82) is 0 Å². The highest BCUT2D eigenvalue weighted by Gasteiger charge is 2.21. The summed E-state index contributed by atoms with van der Waals surface area (Å²) in [5, 5.41) is 4.06. The molecule has 5 nitrogen and oxygen atoms in total. The number of likely N-dealkylation sites (N-methyl/N-ethyl adjacent to an activating group) is 1. The second-order valence-corrected chi connectivity index (χ2v) is 7.73. The minimum Gasteiger partial charge on any atom is -0.320 e. The number of fused-ring (bicyclic) bond motifs is 3. The molecule has 0 spiro atoms. The van der Waals surface area contributed by atoms with Gasteiger partial charge >= 0.3 is 0 Å². The van der Waals surface area contributed by atoms with Gasteiger partial charge in [-0.1, -0.05) is 11.6 Å². The molecule has 28 heavy (non-hydrogen) atoms. The second-order valence-electron chi connectivity index (χ2n) is 7.73. The number of aromatic nitrogens is 2. The predicted molar refractivity (Wildman–Crippen MR) is 115 cm³/mol. The molecule has 0 saturated heterocycles.